The molecule has 2 aliphatic rings. The summed E-state index contributed by atoms with van der Waals surface area (Å²) in [4.78, 5) is 18.5. The van der Waals surface area contributed by atoms with Gasteiger partial charge in [0.15, 0.2) is 0 Å². The molecule has 36 heavy (non-hydrogen) atoms. The van der Waals surface area contributed by atoms with Crippen LogP contribution in [0.1, 0.15) is 65.5 Å². The second-order valence-corrected chi connectivity index (χ2v) is 10.5. The standard InChI is InChI=1S/C31H38N2O3/c1-23-16-17-29(36-23)21-32-19-26(30(22-32)25-12-9-15-28(18-25)35-2)20-33(27-13-7-4-8-14-27)31(34)24-10-5-3-6-11-24/h3,5-6,9-12,15-18,26-27,30H,4,7-8,13-14,19-22H2,1-2H3/t26-,30+/m0/s1. The van der Waals surface area contributed by atoms with Crippen LogP contribution in [0.3, 0.4) is 0 Å². The third-order valence-electron chi connectivity index (χ3n) is 7.94. The Morgan fingerprint density at radius 3 is 2.53 bits per heavy atom. The first-order chi connectivity index (χ1) is 17.6. The van der Waals surface area contributed by atoms with Crippen molar-refractivity contribution < 1.29 is 13.9 Å². The number of furan rings is 1. The Morgan fingerprint density at radius 2 is 1.81 bits per heavy atom. The SMILES string of the molecule is COc1cccc([C@H]2CN(Cc3ccc(C)o3)C[C@H]2CN(C(=O)c2ccccc2)C2CCCCC2)c1. The lowest BCUT2D eigenvalue weighted by Crippen LogP contribution is -2.45. The fourth-order valence-electron chi connectivity index (χ4n) is 6.10. The van der Waals surface area contributed by atoms with E-state index in [9.17, 15) is 4.79 Å². The predicted molar refractivity (Wildman–Crippen MR) is 142 cm³/mol. The van der Waals surface area contributed by atoms with E-state index < -0.39 is 0 Å². The molecule has 3 aromatic rings. The summed E-state index contributed by atoms with van der Waals surface area (Å²) in [5.74, 6) is 3.67. The van der Waals surface area contributed by atoms with E-state index in [-0.39, 0.29) is 5.91 Å². The smallest absolute Gasteiger partial charge is 0.254 e. The van der Waals surface area contributed by atoms with E-state index in [1.54, 1.807) is 7.11 Å². The van der Waals surface area contributed by atoms with Gasteiger partial charge in [-0.2, -0.15) is 0 Å². The van der Waals surface area contributed by atoms with Crippen LogP contribution in [0.2, 0.25) is 0 Å². The van der Waals surface area contributed by atoms with Gasteiger partial charge in [0, 0.05) is 37.2 Å². The topological polar surface area (TPSA) is 45.9 Å². The maximum absolute atomic E-state index is 13.8. The van der Waals surface area contributed by atoms with Gasteiger partial charge in [0.2, 0.25) is 0 Å². The summed E-state index contributed by atoms with van der Waals surface area (Å²) in [5.41, 5.74) is 2.08. The molecule has 5 rings (SSSR count). The van der Waals surface area contributed by atoms with Gasteiger partial charge in [0.25, 0.3) is 5.91 Å². The number of carbonyl (C=O) groups excluding carboxylic acids is 1. The minimum absolute atomic E-state index is 0.173. The van der Waals surface area contributed by atoms with Gasteiger partial charge in [-0.1, -0.05) is 49.6 Å². The fraction of sp³-hybridized carbons (Fsp3) is 0.452. The van der Waals surface area contributed by atoms with Crippen molar-refractivity contribution in [1.29, 1.82) is 0 Å². The molecule has 1 saturated heterocycles. The Kier molecular flexibility index (Phi) is 7.76. The normalized spacial score (nSPS) is 20.9. The van der Waals surface area contributed by atoms with Gasteiger partial charge < -0.3 is 14.1 Å². The minimum Gasteiger partial charge on any atom is -0.497 e. The second kappa shape index (κ2) is 11.3. The molecule has 1 saturated carbocycles. The second-order valence-electron chi connectivity index (χ2n) is 10.5. The van der Waals surface area contributed by atoms with Gasteiger partial charge in [-0.25, -0.2) is 0 Å². The molecule has 1 amide bonds. The zero-order chi connectivity index (χ0) is 24.9. The van der Waals surface area contributed by atoms with Crippen LogP contribution in [0.25, 0.3) is 0 Å². The molecule has 5 nitrogen and oxygen atoms in total. The predicted octanol–water partition coefficient (Wildman–Crippen LogP) is 6.29. The van der Waals surface area contributed by atoms with Crippen LogP contribution < -0.4 is 4.74 Å². The number of hydrogen-bond donors (Lipinski definition) is 0. The summed E-state index contributed by atoms with van der Waals surface area (Å²) in [6.45, 7) is 5.43. The van der Waals surface area contributed by atoms with Crippen molar-refractivity contribution in [2.24, 2.45) is 5.92 Å². The maximum atomic E-state index is 13.8. The van der Waals surface area contributed by atoms with E-state index in [0.717, 1.165) is 61.9 Å². The average molecular weight is 487 g/mol. The zero-order valence-electron chi connectivity index (χ0n) is 21.6. The number of carbonyl (C=O) groups is 1. The lowest BCUT2D eigenvalue weighted by molar-refractivity contribution is 0.0587. The van der Waals surface area contributed by atoms with E-state index in [0.29, 0.717) is 17.9 Å². The molecule has 2 fully saturated rings. The van der Waals surface area contributed by atoms with Crippen LogP contribution in [0.15, 0.2) is 71.1 Å². The minimum atomic E-state index is 0.173. The molecule has 0 N–H and O–H groups in total. The first kappa shape index (κ1) is 24.6. The molecule has 5 heteroatoms. The molecule has 2 aromatic carbocycles. The van der Waals surface area contributed by atoms with Gasteiger partial charge >= 0.3 is 0 Å². The Balaban J connectivity index is 1.42. The van der Waals surface area contributed by atoms with Crippen LogP contribution in [0, 0.1) is 12.8 Å². The van der Waals surface area contributed by atoms with E-state index in [1.165, 1.54) is 24.8 Å². The molecule has 1 aliphatic carbocycles. The van der Waals surface area contributed by atoms with Crippen molar-refractivity contribution in [3.05, 3.63) is 89.4 Å². The molecule has 190 valence electrons. The highest BCUT2D eigenvalue weighted by Gasteiger charge is 2.38. The molecule has 0 spiro atoms. The largest absolute Gasteiger partial charge is 0.497 e. The summed E-state index contributed by atoms with van der Waals surface area (Å²) in [5, 5.41) is 0. The summed E-state index contributed by atoms with van der Waals surface area (Å²) < 4.78 is 11.5. The van der Waals surface area contributed by atoms with Crippen LogP contribution in [-0.4, -0.2) is 48.5 Å². The van der Waals surface area contributed by atoms with Crippen LogP contribution in [-0.2, 0) is 6.54 Å². The van der Waals surface area contributed by atoms with Crippen LogP contribution >= 0.6 is 0 Å². The summed E-state index contributed by atoms with van der Waals surface area (Å²) >= 11 is 0. The molecule has 2 heterocycles. The van der Waals surface area contributed by atoms with Gasteiger partial charge in [-0.05, 0) is 67.6 Å². The van der Waals surface area contributed by atoms with Gasteiger partial charge in [0.05, 0.1) is 13.7 Å². The highest BCUT2D eigenvalue weighted by Crippen LogP contribution is 2.37. The molecular weight excluding hydrogens is 448 g/mol. The zero-order valence-corrected chi connectivity index (χ0v) is 21.6. The number of methoxy groups -OCH3 is 1. The first-order valence-electron chi connectivity index (χ1n) is 13.4. The number of nitrogens with zero attached hydrogens (tertiary/aromatic N) is 2. The lowest BCUT2D eigenvalue weighted by Gasteiger charge is -2.37. The molecule has 0 bridgehead atoms. The van der Waals surface area contributed by atoms with Crippen molar-refractivity contribution in [2.75, 3.05) is 26.7 Å². The van der Waals surface area contributed by atoms with Gasteiger partial charge in [0.1, 0.15) is 17.3 Å². The molecule has 1 aliphatic heterocycles. The third-order valence-corrected chi connectivity index (χ3v) is 7.94. The first-order valence-corrected chi connectivity index (χ1v) is 13.4. The van der Waals surface area contributed by atoms with Crippen LogP contribution in [0.5, 0.6) is 5.75 Å². The number of rotatable bonds is 8. The van der Waals surface area contributed by atoms with E-state index >= 15 is 0 Å². The van der Waals surface area contributed by atoms with E-state index in [1.807, 2.05) is 49.4 Å². The highest BCUT2D eigenvalue weighted by atomic mass is 16.5. The van der Waals surface area contributed by atoms with Gasteiger partial charge in [-0.3, -0.25) is 9.69 Å². The Morgan fingerprint density at radius 1 is 1.00 bits per heavy atom. The summed E-state index contributed by atoms with van der Waals surface area (Å²) in [6.07, 6.45) is 5.89. The number of benzene rings is 2. The Hall–Kier alpha value is -3.05. The maximum Gasteiger partial charge on any atom is 0.254 e. The number of amides is 1. The number of ether oxygens (including phenoxy) is 1. The van der Waals surface area contributed by atoms with Crippen molar-refractivity contribution in [3.63, 3.8) is 0 Å². The molecule has 1 aromatic heterocycles. The monoisotopic (exact) mass is 486 g/mol. The van der Waals surface area contributed by atoms with Crippen molar-refractivity contribution in [1.82, 2.24) is 9.80 Å². The van der Waals surface area contributed by atoms with Crippen molar-refractivity contribution in [2.45, 2.75) is 57.5 Å². The fourth-order valence-corrected chi connectivity index (χ4v) is 6.10. The Labute approximate surface area is 215 Å². The molecule has 0 unspecified atom stereocenters. The van der Waals surface area contributed by atoms with Crippen molar-refractivity contribution >= 4 is 5.91 Å². The molecular formula is C31H38N2O3. The number of aryl methyl sites for hydroxylation is 1. The van der Waals surface area contributed by atoms with Gasteiger partial charge in [-0.15, -0.1) is 0 Å². The van der Waals surface area contributed by atoms with E-state index in [4.69, 9.17) is 9.15 Å². The molecule has 2 atom stereocenters. The number of hydrogen-bond acceptors (Lipinski definition) is 4. The van der Waals surface area contributed by atoms with E-state index in [2.05, 4.69) is 34.1 Å². The summed E-state index contributed by atoms with van der Waals surface area (Å²) in [7, 11) is 1.72. The third kappa shape index (κ3) is 5.67. The lowest BCUT2D eigenvalue weighted by atomic mass is 9.86. The Bertz CT molecular complexity index is 1140. The molecule has 0 radical (unpaired) electrons. The van der Waals surface area contributed by atoms with Crippen LogP contribution in [0.4, 0.5) is 0 Å². The summed E-state index contributed by atoms with van der Waals surface area (Å²) in [6, 6.07) is 22.7. The number of likely N-dealkylation sites (tertiary alicyclic amines) is 1. The average Bonchev–Trinajstić information content (AvgIpc) is 3.53. The van der Waals surface area contributed by atoms with Crippen molar-refractivity contribution in [3.8, 4) is 5.75 Å². The quantitative estimate of drug-likeness (QED) is 0.376. The highest BCUT2D eigenvalue weighted by molar-refractivity contribution is 5.94.